The molecule has 0 unspecified atom stereocenters. The lowest BCUT2D eigenvalue weighted by Crippen LogP contribution is -2.29. The number of thioether (sulfide) groups is 1. The molecule has 2 aromatic rings. The van der Waals surface area contributed by atoms with Gasteiger partial charge in [-0.3, -0.25) is 0 Å². The Bertz CT molecular complexity index is 620. The lowest BCUT2D eigenvalue weighted by molar-refractivity contribution is 0.286. The van der Waals surface area contributed by atoms with E-state index < -0.39 is 0 Å². The quantitative estimate of drug-likeness (QED) is 0.856. The maximum atomic E-state index is 5.81. The molecule has 5 heteroatoms. The highest BCUT2D eigenvalue weighted by atomic mass is 32.2. The van der Waals surface area contributed by atoms with Gasteiger partial charge in [0.15, 0.2) is 0 Å². The minimum Gasteiger partial charge on any atom is -0.399 e. The van der Waals surface area contributed by atoms with Crippen molar-refractivity contribution in [2.24, 2.45) is 0 Å². The van der Waals surface area contributed by atoms with Crippen molar-refractivity contribution in [1.29, 1.82) is 0 Å². The van der Waals surface area contributed by atoms with Crippen LogP contribution >= 0.6 is 11.8 Å². The van der Waals surface area contributed by atoms with Gasteiger partial charge < -0.3 is 15.6 Å². The molecule has 0 amide bonds. The maximum absolute atomic E-state index is 5.81. The highest BCUT2D eigenvalue weighted by Crippen LogP contribution is 2.30. The SMILES string of the molecule is CC1(C)CCN(CCc2nc3ccc(N)cc3[nH]2)CCS1. The van der Waals surface area contributed by atoms with Crippen LogP contribution in [0.15, 0.2) is 18.2 Å². The average Bonchev–Trinajstić information content (AvgIpc) is 2.74. The summed E-state index contributed by atoms with van der Waals surface area (Å²) in [5, 5.41) is 0. The largest absolute Gasteiger partial charge is 0.399 e. The van der Waals surface area contributed by atoms with Crippen LogP contribution in [0.25, 0.3) is 11.0 Å². The van der Waals surface area contributed by atoms with Crippen LogP contribution in [0.2, 0.25) is 0 Å². The van der Waals surface area contributed by atoms with Crippen molar-refractivity contribution in [2.45, 2.75) is 31.4 Å². The van der Waals surface area contributed by atoms with Crippen LogP contribution in [0.4, 0.5) is 5.69 Å². The monoisotopic (exact) mass is 304 g/mol. The molecule has 21 heavy (non-hydrogen) atoms. The Hall–Kier alpha value is -1.20. The molecule has 0 aliphatic carbocycles. The minimum atomic E-state index is 0.422. The van der Waals surface area contributed by atoms with Crippen LogP contribution in [0.1, 0.15) is 26.1 Å². The van der Waals surface area contributed by atoms with Crippen molar-refractivity contribution < 1.29 is 0 Å². The Labute approximate surface area is 130 Å². The Kier molecular flexibility index (Phi) is 4.13. The van der Waals surface area contributed by atoms with Crippen molar-refractivity contribution in [3.63, 3.8) is 0 Å². The number of fused-ring (bicyclic) bond motifs is 1. The summed E-state index contributed by atoms with van der Waals surface area (Å²) in [6.07, 6.45) is 2.23. The van der Waals surface area contributed by atoms with Crippen LogP contribution in [0.3, 0.4) is 0 Å². The fourth-order valence-electron chi connectivity index (χ4n) is 2.75. The normalized spacial score (nSPS) is 19.7. The van der Waals surface area contributed by atoms with E-state index in [1.807, 2.05) is 18.2 Å². The molecule has 0 saturated carbocycles. The number of rotatable bonds is 3. The molecule has 0 spiro atoms. The first-order valence-electron chi connectivity index (χ1n) is 7.62. The number of anilines is 1. The van der Waals surface area contributed by atoms with Crippen LogP contribution in [-0.4, -0.2) is 45.0 Å². The molecule has 1 aliphatic heterocycles. The summed E-state index contributed by atoms with van der Waals surface area (Å²) < 4.78 is 0.422. The van der Waals surface area contributed by atoms with E-state index in [4.69, 9.17) is 5.73 Å². The van der Waals surface area contributed by atoms with Crippen molar-refractivity contribution in [3.8, 4) is 0 Å². The van der Waals surface area contributed by atoms with E-state index >= 15 is 0 Å². The van der Waals surface area contributed by atoms with Crippen molar-refractivity contribution in [3.05, 3.63) is 24.0 Å². The zero-order valence-electron chi connectivity index (χ0n) is 12.9. The van der Waals surface area contributed by atoms with Crippen LogP contribution < -0.4 is 5.73 Å². The Morgan fingerprint density at radius 3 is 3.10 bits per heavy atom. The molecular weight excluding hydrogens is 280 g/mol. The topological polar surface area (TPSA) is 57.9 Å². The molecule has 2 heterocycles. The third-order valence-corrected chi connectivity index (χ3v) is 5.52. The fraction of sp³-hybridized carbons (Fsp3) is 0.562. The highest BCUT2D eigenvalue weighted by Gasteiger charge is 2.23. The molecule has 0 radical (unpaired) electrons. The minimum absolute atomic E-state index is 0.422. The number of hydrogen-bond donors (Lipinski definition) is 2. The molecule has 3 rings (SSSR count). The fourth-order valence-corrected chi connectivity index (χ4v) is 3.89. The summed E-state index contributed by atoms with van der Waals surface area (Å²) >= 11 is 2.09. The smallest absolute Gasteiger partial charge is 0.108 e. The van der Waals surface area contributed by atoms with Gasteiger partial charge in [0.2, 0.25) is 0 Å². The molecule has 0 atom stereocenters. The van der Waals surface area contributed by atoms with E-state index in [-0.39, 0.29) is 0 Å². The van der Waals surface area contributed by atoms with E-state index in [0.717, 1.165) is 35.5 Å². The molecule has 1 aromatic heterocycles. The molecule has 3 N–H and O–H groups in total. The van der Waals surface area contributed by atoms with Gasteiger partial charge >= 0.3 is 0 Å². The van der Waals surface area contributed by atoms with Gasteiger partial charge in [0.05, 0.1) is 11.0 Å². The lowest BCUT2D eigenvalue weighted by Gasteiger charge is -2.22. The standard InChI is InChI=1S/C16H24N4S/c1-16(2)6-8-20(9-10-21-16)7-5-15-18-13-4-3-12(17)11-14(13)19-15/h3-4,11H,5-10,17H2,1-2H3,(H,18,19). The van der Waals surface area contributed by atoms with Crippen LogP contribution in [0, 0.1) is 0 Å². The summed E-state index contributed by atoms with van der Waals surface area (Å²) in [6, 6.07) is 5.84. The first-order chi connectivity index (χ1) is 10.0. The number of hydrogen-bond acceptors (Lipinski definition) is 4. The van der Waals surface area contributed by atoms with Gasteiger partial charge in [-0.15, -0.1) is 0 Å². The molecule has 4 nitrogen and oxygen atoms in total. The summed E-state index contributed by atoms with van der Waals surface area (Å²) in [6.45, 7) is 8.15. The molecule has 1 aliphatic rings. The Morgan fingerprint density at radius 2 is 2.24 bits per heavy atom. The van der Waals surface area contributed by atoms with Gasteiger partial charge in [-0.1, -0.05) is 13.8 Å². The van der Waals surface area contributed by atoms with Gasteiger partial charge in [0, 0.05) is 35.7 Å². The average molecular weight is 304 g/mol. The van der Waals surface area contributed by atoms with Gasteiger partial charge in [0.1, 0.15) is 5.82 Å². The first-order valence-corrected chi connectivity index (χ1v) is 8.61. The molecular formula is C16H24N4S. The van der Waals surface area contributed by atoms with E-state index in [1.165, 1.54) is 25.3 Å². The second-order valence-corrected chi connectivity index (χ2v) is 8.21. The van der Waals surface area contributed by atoms with Crippen molar-refractivity contribution in [2.75, 3.05) is 31.1 Å². The number of nitrogen functional groups attached to an aromatic ring is 1. The predicted molar refractivity (Wildman–Crippen MR) is 91.8 cm³/mol. The Morgan fingerprint density at radius 1 is 1.38 bits per heavy atom. The number of nitrogens with zero attached hydrogens (tertiary/aromatic N) is 2. The van der Waals surface area contributed by atoms with Gasteiger partial charge in [-0.2, -0.15) is 11.8 Å². The lowest BCUT2D eigenvalue weighted by atomic mass is 10.1. The van der Waals surface area contributed by atoms with E-state index in [2.05, 4.69) is 40.5 Å². The summed E-state index contributed by atoms with van der Waals surface area (Å²) in [5.74, 6) is 2.29. The zero-order valence-corrected chi connectivity index (χ0v) is 13.7. The third kappa shape index (κ3) is 3.71. The second kappa shape index (κ2) is 5.89. The number of H-pyrrole nitrogens is 1. The number of nitrogens with two attached hydrogens (primary N) is 1. The number of benzene rings is 1. The number of imidazole rings is 1. The van der Waals surface area contributed by atoms with Crippen LogP contribution in [0.5, 0.6) is 0 Å². The van der Waals surface area contributed by atoms with Gasteiger partial charge in [-0.25, -0.2) is 4.98 Å². The molecule has 1 saturated heterocycles. The summed E-state index contributed by atoms with van der Waals surface area (Å²) in [7, 11) is 0. The van der Waals surface area contributed by atoms with Gasteiger partial charge in [0.25, 0.3) is 0 Å². The van der Waals surface area contributed by atoms with Crippen molar-refractivity contribution >= 4 is 28.5 Å². The van der Waals surface area contributed by atoms with Crippen molar-refractivity contribution in [1.82, 2.24) is 14.9 Å². The number of aromatic amines is 1. The zero-order chi connectivity index (χ0) is 14.9. The number of aromatic nitrogens is 2. The molecule has 0 bridgehead atoms. The Balaban J connectivity index is 1.61. The van der Waals surface area contributed by atoms with E-state index in [9.17, 15) is 0 Å². The predicted octanol–water partition coefficient (Wildman–Crippen LogP) is 2.91. The third-order valence-electron chi connectivity index (χ3n) is 4.15. The number of nitrogens with one attached hydrogen (secondary N) is 1. The summed E-state index contributed by atoms with van der Waals surface area (Å²) in [4.78, 5) is 10.6. The molecule has 1 fully saturated rings. The van der Waals surface area contributed by atoms with E-state index in [0.29, 0.717) is 4.75 Å². The molecule has 1 aromatic carbocycles. The first kappa shape index (κ1) is 14.7. The maximum Gasteiger partial charge on any atom is 0.108 e. The highest BCUT2D eigenvalue weighted by molar-refractivity contribution is 8.00. The summed E-state index contributed by atoms with van der Waals surface area (Å²) in [5.41, 5.74) is 8.64. The van der Waals surface area contributed by atoms with Crippen LogP contribution in [-0.2, 0) is 6.42 Å². The second-order valence-electron chi connectivity index (χ2n) is 6.41. The van der Waals surface area contributed by atoms with E-state index in [1.54, 1.807) is 0 Å². The molecule has 114 valence electrons. The van der Waals surface area contributed by atoms with Gasteiger partial charge in [-0.05, 0) is 31.2 Å².